The van der Waals surface area contributed by atoms with Crippen LogP contribution in [0.15, 0.2) is 30.3 Å². The van der Waals surface area contributed by atoms with E-state index in [4.69, 9.17) is 4.74 Å². The predicted molar refractivity (Wildman–Crippen MR) is 102 cm³/mol. The summed E-state index contributed by atoms with van der Waals surface area (Å²) < 4.78 is 7.79. The van der Waals surface area contributed by atoms with Crippen LogP contribution in [-0.4, -0.2) is 46.7 Å². The number of rotatable bonds is 5. The third-order valence-corrected chi connectivity index (χ3v) is 5.58. The van der Waals surface area contributed by atoms with Crippen LogP contribution in [0.3, 0.4) is 0 Å². The molecule has 0 saturated carbocycles. The van der Waals surface area contributed by atoms with Gasteiger partial charge in [-0.1, -0.05) is 35.5 Å². The minimum Gasteiger partial charge on any atom is -0.376 e. The molecule has 1 amide bonds. The Kier molecular flexibility index (Phi) is 5.50. The van der Waals surface area contributed by atoms with Crippen LogP contribution in [-0.2, 0) is 4.74 Å². The molecule has 2 saturated heterocycles. The van der Waals surface area contributed by atoms with Gasteiger partial charge in [0.15, 0.2) is 5.69 Å². The molecule has 2 unspecified atom stereocenters. The highest BCUT2D eigenvalue weighted by Crippen LogP contribution is 2.27. The zero-order valence-electron chi connectivity index (χ0n) is 15.7. The monoisotopic (exact) mass is 369 g/mol. The summed E-state index contributed by atoms with van der Waals surface area (Å²) in [5.41, 5.74) is 2.30. The minimum absolute atomic E-state index is 0.00359. The number of carbonyl (C=O) groups is 1. The van der Waals surface area contributed by atoms with Crippen molar-refractivity contribution >= 4 is 5.91 Å². The molecular formula is C20H27N5O2. The van der Waals surface area contributed by atoms with Gasteiger partial charge >= 0.3 is 0 Å². The van der Waals surface area contributed by atoms with E-state index in [1.165, 1.54) is 0 Å². The summed E-state index contributed by atoms with van der Waals surface area (Å²) in [5, 5.41) is 15.0. The Bertz CT molecular complexity index is 764. The summed E-state index contributed by atoms with van der Waals surface area (Å²) in [6, 6.07) is 10.2. The van der Waals surface area contributed by atoms with Crippen molar-refractivity contribution in [3.8, 4) is 0 Å². The normalized spacial score (nSPS) is 21.9. The van der Waals surface area contributed by atoms with E-state index < -0.39 is 0 Å². The quantitative estimate of drug-likeness (QED) is 0.844. The Labute approximate surface area is 159 Å². The molecule has 4 rings (SSSR count). The molecular weight excluding hydrogens is 342 g/mol. The molecule has 2 fully saturated rings. The lowest BCUT2D eigenvalue weighted by Crippen LogP contribution is -2.36. The molecule has 2 aromatic rings. The van der Waals surface area contributed by atoms with Crippen molar-refractivity contribution in [2.75, 3.05) is 19.7 Å². The van der Waals surface area contributed by atoms with Gasteiger partial charge in [0, 0.05) is 6.61 Å². The van der Waals surface area contributed by atoms with Crippen LogP contribution >= 0.6 is 0 Å². The summed E-state index contributed by atoms with van der Waals surface area (Å²) in [6.07, 6.45) is 3.98. The van der Waals surface area contributed by atoms with Crippen molar-refractivity contribution in [3.05, 3.63) is 47.3 Å². The number of hydrogen-bond acceptors (Lipinski definition) is 5. The van der Waals surface area contributed by atoms with E-state index in [1.807, 2.05) is 41.9 Å². The standard InChI is InChI=1S/C20H27N5O2/c1-14-18(23-24-25(14)16-9-11-21-12-10-16)20(26)22-19(17-8-5-13-27-17)15-6-3-2-4-7-15/h2-4,6-7,16-17,19,21H,5,8-13H2,1H3,(H,22,26). The van der Waals surface area contributed by atoms with Crippen LogP contribution in [0.2, 0.25) is 0 Å². The van der Waals surface area contributed by atoms with Gasteiger partial charge in [-0.15, -0.1) is 5.10 Å². The summed E-state index contributed by atoms with van der Waals surface area (Å²) in [6.45, 7) is 4.62. The van der Waals surface area contributed by atoms with Gasteiger partial charge in [-0.05, 0) is 51.3 Å². The average molecular weight is 369 g/mol. The molecule has 0 radical (unpaired) electrons. The first-order valence-electron chi connectivity index (χ1n) is 9.84. The molecule has 2 aliphatic rings. The van der Waals surface area contributed by atoms with E-state index >= 15 is 0 Å². The highest BCUT2D eigenvalue weighted by atomic mass is 16.5. The molecule has 144 valence electrons. The third-order valence-electron chi connectivity index (χ3n) is 5.58. The Morgan fingerprint density at radius 3 is 2.74 bits per heavy atom. The largest absolute Gasteiger partial charge is 0.376 e. The van der Waals surface area contributed by atoms with E-state index in [0.29, 0.717) is 11.7 Å². The van der Waals surface area contributed by atoms with Gasteiger partial charge in [-0.25, -0.2) is 4.68 Å². The first kappa shape index (κ1) is 18.1. The van der Waals surface area contributed by atoms with E-state index in [2.05, 4.69) is 20.9 Å². The molecule has 2 N–H and O–H groups in total. The number of nitrogens with one attached hydrogen (secondary N) is 2. The number of benzene rings is 1. The summed E-state index contributed by atoms with van der Waals surface area (Å²) in [7, 11) is 0. The van der Waals surface area contributed by atoms with Crippen LogP contribution < -0.4 is 10.6 Å². The fourth-order valence-electron chi connectivity index (χ4n) is 4.08. The molecule has 1 aromatic carbocycles. The van der Waals surface area contributed by atoms with Crippen molar-refractivity contribution in [3.63, 3.8) is 0 Å². The molecule has 1 aromatic heterocycles. The molecule has 2 atom stereocenters. The Morgan fingerprint density at radius 1 is 1.26 bits per heavy atom. The van der Waals surface area contributed by atoms with Gasteiger partial charge in [0.25, 0.3) is 5.91 Å². The molecule has 3 heterocycles. The second-order valence-electron chi connectivity index (χ2n) is 7.36. The first-order valence-corrected chi connectivity index (χ1v) is 9.84. The van der Waals surface area contributed by atoms with Crippen molar-refractivity contribution in [2.24, 2.45) is 0 Å². The maximum atomic E-state index is 13.0. The molecule has 27 heavy (non-hydrogen) atoms. The number of aromatic nitrogens is 3. The van der Waals surface area contributed by atoms with E-state index in [1.54, 1.807) is 0 Å². The Hall–Kier alpha value is -2.25. The van der Waals surface area contributed by atoms with Crippen molar-refractivity contribution in [2.45, 2.75) is 50.8 Å². The maximum absolute atomic E-state index is 13.0. The van der Waals surface area contributed by atoms with Crippen LogP contribution in [0.25, 0.3) is 0 Å². The van der Waals surface area contributed by atoms with Crippen molar-refractivity contribution < 1.29 is 9.53 Å². The van der Waals surface area contributed by atoms with Crippen molar-refractivity contribution in [1.82, 2.24) is 25.6 Å². The fraction of sp³-hybridized carbons (Fsp3) is 0.550. The summed E-state index contributed by atoms with van der Waals surface area (Å²) in [5.74, 6) is -0.183. The average Bonchev–Trinajstić information content (AvgIpc) is 3.37. The SMILES string of the molecule is Cc1c(C(=O)NC(c2ccccc2)C2CCCO2)nnn1C1CCNCC1. The van der Waals surface area contributed by atoms with Crippen LogP contribution in [0.1, 0.15) is 59.5 Å². The highest BCUT2D eigenvalue weighted by Gasteiger charge is 2.31. The van der Waals surface area contributed by atoms with E-state index in [-0.39, 0.29) is 18.1 Å². The number of ether oxygens (including phenoxy) is 1. The number of piperidine rings is 1. The number of carbonyl (C=O) groups excluding carboxylic acids is 1. The zero-order chi connectivity index (χ0) is 18.6. The number of hydrogen-bond donors (Lipinski definition) is 2. The van der Waals surface area contributed by atoms with Gasteiger partial charge in [0.05, 0.1) is 23.9 Å². The lowest BCUT2D eigenvalue weighted by molar-refractivity contribution is 0.0669. The molecule has 7 nitrogen and oxygen atoms in total. The fourth-order valence-corrected chi connectivity index (χ4v) is 4.08. The predicted octanol–water partition coefficient (Wildman–Crippen LogP) is 2.16. The smallest absolute Gasteiger partial charge is 0.274 e. The molecule has 0 aliphatic carbocycles. The van der Waals surface area contributed by atoms with Gasteiger partial charge in [0.2, 0.25) is 0 Å². The Morgan fingerprint density at radius 2 is 2.04 bits per heavy atom. The summed E-state index contributed by atoms with van der Waals surface area (Å²) >= 11 is 0. The van der Waals surface area contributed by atoms with Gasteiger partial charge in [0.1, 0.15) is 0 Å². The molecule has 2 aliphatic heterocycles. The minimum atomic E-state index is -0.183. The lowest BCUT2D eigenvalue weighted by atomic mass is 9.99. The maximum Gasteiger partial charge on any atom is 0.274 e. The lowest BCUT2D eigenvalue weighted by Gasteiger charge is -2.25. The van der Waals surface area contributed by atoms with E-state index in [0.717, 1.165) is 56.6 Å². The number of nitrogens with zero attached hydrogens (tertiary/aromatic N) is 3. The second kappa shape index (κ2) is 8.19. The molecule has 7 heteroatoms. The van der Waals surface area contributed by atoms with Gasteiger partial charge in [-0.2, -0.15) is 0 Å². The van der Waals surface area contributed by atoms with Crippen LogP contribution in [0, 0.1) is 6.92 Å². The van der Waals surface area contributed by atoms with Gasteiger partial charge < -0.3 is 15.4 Å². The summed E-state index contributed by atoms with van der Waals surface area (Å²) in [4.78, 5) is 13.0. The topological polar surface area (TPSA) is 81.1 Å². The van der Waals surface area contributed by atoms with Crippen LogP contribution in [0.4, 0.5) is 0 Å². The van der Waals surface area contributed by atoms with E-state index in [9.17, 15) is 4.79 Å². The highest BCUT2D eigenvalue weighted by molar-refractivity contribution is 5.93. The Balaban J connectivity index is 1.53. The van der Waals surface area contributed by atoms with Crippen LogP contribution in [0.5, 0.6) is 0 Å². The molecule has 0 bridgehead atoms. The second-order valence-corrected chi connectivity index (χ2v) is 7.36. The third kappa shape index (κ3) is 3.89. The molecule has 0 spiro atoms. The zero-order valence-corrected chi connectivity index (χ0v) is 15.7. The number of amides is 1. The first-order chi connectivity index (χ1) is 13.2. The van der Waals surface area contributed by atoms with Gasteiger partial charge in [-0.3, -0.25) is 4.79 Å². The van der Waals surface area contributed by atoms with Crippen molar-refractivity contribution in [1.29, 1.82) is 0 Å².